The predicted octanol–water partition coefficient (Wildman–Crippen LogP) is 3.11. The summed E-state index contributed by atoms with van der Waals surface area (Å²) < 4.78 is 17.9. The Morgan fingerprint density at radius 3 is 2.68 bits per heavy atom. The summed E-state index contributed by atoms with van der Waals surface area (Å²) in [4.78, 5) is 23.9. The van der Waals surface area contributed by atoms with E-state index in [9.17, 15) is 14.0 Å². The number of benzene rings is 2. The van der Waals surface area contributed by atoms with Gasteiger partial charge in [-0.1, -0.05) is 36.4 Å². The Bertz CT molecular complexity index is 758. The monoisotopic (exact) mass is 341 g/mol. The summed E-state index contributed by atoms with van der Waals surface area (Å²) in [5.41, 5.74) is 3.04. The Kier molecular flexibility index (Phi) is 5.43. The van der Waals surface area contributed by atoms with Gasteiger partial charge in [0.15, 0.2) is 6.61 Å². The fourth-order valence-corrected chi connectivity index (χ4v) is 3.11. The molecule has 1 N–H and O–H groups in total. The van der Waals surface area contributed by atoms with E-state index in [1.54, 1.807) is 0 Å². The number of hydrogen-bond acceptors (Lipinski definition) is 3. The highest BCUT2D eigenvalue weighted by Crippen LogP contribution is 2.29. The van der Waals surface area contributed by atoms with Gasteiger partial charge in [-0.25, -0.2) is 4.39 Å². The molecule has 5 heteroatoms. The maximum absolute atomic E-state index is 12.8. The zero-order valence-corrected chi connectivity index (χ0v) is 13.8. The van der Waals surface area contributed by atoms with Crippen molar-refractivity contribution >= 4 is 11.9 Å². The van der Waals surface area contributed by atoms with E-state index in [1.165, 1.54) is 29.8 Å². The normalized spacial score (nSPS) is 16.0. The number of aryl methyl sites for hydroxylation is 1. The van der Waals surface area contributed by atoms with Gasteiger partial charge in [-0.2, -0.15) is 0 Å². The number of amides is 1. The summed E-state index contributed by atoms with van der Waals surface area (Å²) in [5, 5.41) is 2.94. The molecule has 130 valence electrons. The molecule has 0 radical (unpaired) electrons. The summed E-state index contributed by atoms with van der Waals surface area (Å²) in [6, 6.07) is 13.7. The van der Waals surface area contributed by atoms with E-state index in [-0.39, 0.29) is 30.8 Å². The molecule has 3 rings (SSSR count). The smallest absolute Gasteiger partial charge is 0.310 e. The second-order valence-corrected chi connectivity index (χ2v) is 6.18. The third-order valence-electron chi connectivity index (χ3n) is 4.33. The molecule has 4 nitrogen and oxygen atoms in total. The van der Waals surface area contributed by atoms with Crippen LogP contribution in [0, 0.1) is 5.82 Å². The summed E-state index contributed by atoms with van der Waals surface area (Å²) in [7, 11) is 0. The van der Waals surface area contributed by atoms with Crippen molar-refractivity contribution in [2.45, 2.75) is 31.7 Å². The van der Waals surface area contributed by atoms with Crippen LogP contribution < -0.4 is 5.32 Å². The van der Waals surface area contributed by atoms with Crippen molar-refractivity contribution in [1.29, 1.82) is 0 Å². The molecule has 0 saturated carbocycles. The minimum absolute atomic E-state index is 0.0137. The Hall–Kier alpha value is -2.69. The van der Waals surface area contributed by atoms with Gasteiger partial charge in [0.2, 0.25) is 0 Å². The molecule has 0 aliphatic heterocycles. The standard InChI is InChI=1S/C20H20FNO3/c21-16-10-8-14(9-11-16)12-20(24)25-13-19(23)22-18-7-3-5-15-4-1-2-6-17(15)18/h1-2,4,6,8-11,18H,3,5,7,12-13H2,(H,22,23)/t18-/m0/s1. The quantitative estimate of drug-likeness (QED) is 0.850. The minimum Gasteiger partial charge on any atom is -0.455 e. The van der Waals surface area contributed by atoms with Crippen molar-refractivity contribution in [3.63, 3.8) is 0 Å². The molecule has 1 atom stereocenters. The highest BCUT2D eigenvalue weighted by molar-refractivity contribution is 5.81. The molecule has 0 spiro atoms. The number of rotatable bonds is 5. The number of carbonyl (C=O) groups excluding carboxylic acids is 2. The molecule has 1 aliphatic rings. The third-order valence-corrected chi connectivity index (χ3v) is 4.33. The number of carbonyl (C=O) groups is 2. The number of esters is 1. The van der Waals surface area contributed by atoms with Crippen LogP contribution in [0.15, 0.2) is 48.5 Å². The van der Waals surface area contributed by atoms with Crippen molar-refractivity contribution < 1.29 is 18.7 Å². The van der Waals surface area contributed by atoms with Crippen LogP contribution in [0.3, 0.4) is 0 Å². The van der Waals surface area contributed by atoms with Gasteiger partial charge in [0, 0.05) is 0 Å². The van der Waals surface area contributed by atoms with E-state index in [4.69, 9.17) is 4.74 Å². The maximum atomic E-state index is 12.8. The van der Waals surface area contributed by atoms with Crippen LogP contribution in [0.1, 0.15) is 35.6 Å². The zero-order valence-electron chi connectivity index (χ0n) is 13.8. The number of ether oxygens (including phenoxy) is 1. The number of fused-ring (bicyclic) bond motifs is 1. The lowest BCUT2D eigenvalue weighted by Crippen LogP contribution is -2.34. The van der Waals surface area contributed by atoms with Crippen LogP contribution in [-0.4, -0.2) is 18.5 Å². The topological polar surface area (TPSA) is 55.4 Å². The molecule has 1 aliphatic carbocycles. The first-order chi connectivity index (χ1) is 12.1. The summed E-state index contributed by atoms with van der Waals surface area (Å²) in [6.07, 6.45) is 2.94. The number of hydrogen-bond donors (Lipinski definition) is 1. The average Bonchev–Trinajstić information content (AvgIpc) is 2.62. The van der Waals surface area contributed by atoms with Gasteiger partial charge in [-0.05, 0) is 48.1 Å². The Labute approximate surface area is 146 Å². The van der Waals surface area contributed by atoms with Crippen molar-refractivity contribution in [3.05, 3.63) is 71.0 Å². The van der Waals surface area contributed by atoms with Crippen molar-refractivity contribution in [2.24, 2.45) is 0 Å². The van der Waals surface area contributed by atoms with Gasteiger partial charge in [0.05, 0.1) is 12.5 Å². The van der Waals surface area contributed by atoms with E-state index in [0.717, 1.165) is 24.8 Å². The molecule has 25 heavy (non-hydrogen) atoms. The van der Waals surface area contributed by atoms with E-state index < -0.39 is 5.97 Å². The Morgan fingerprint density at radius 1 is 1.12 bits per heavy atom. The lowest BCUT2D eigenvalue weighted by atomic mass is 9.88. The molecular weight excluding hydrogens is 321 g/mol. The highest BCUT2D eigenvalue weighted by atomic mass is 19.1. The van der Waals surface area contributed by atoms with Gasteiger partial charge in [-0.15, -0.1) is 0 Å². The summed E-state index contributed by atoms with van der Waals surface area (Å²) in [6.45, 7) is -0.307. The van der Waals surface area contributed by atoms with Crippen LogP contribution in [0.2, 0.25) is 0 Å². The number of halogens is 1. The lowest BCUT2D eigenvalue weighted by molar-refractivity contribution is -0.148. The summed E-state index contributed by atoms with van der Waals surface area (Å²) >= 11 is 0. The molecule has 2 aromatic rings. The average molecular weight is 341 g/mol. The first-order valence-corrected chi connectivity index (χ1v) is 8.39. The van der Waals surface area contributed by atoms with Crippen molar-refractivity contribution in [2.75, 3.05) is 6.61 Å². The van der Waals surface area contributed by atoms with E-state index in [0.29, 0.717) is 5.56 Å². The van der Waals surface area contributed by atoms with Gasteiger partial charge < -0.3 is 10.1 Å². The van der Waals surface area contributed by atoms with Crippen LogP contribution in [0.25, 0.3) is 0 Å². The maximum Gasteiger partial charge on any atom is 0.310 e. The molecular formula is C20H20FNO3. The lowest BCUT2D eigenvalue weighted by Gasteiger charge is -2.26. The molecule has 0 bridgehead atoms. The van der Waals surface area contributed by atoms with Gasteiger partial charge in [-0.3, -0.25) is 9.59 Å². The zero-order chi connectivity index (χ0) is 17.6. The predicted molar refractivity (Wildman–Crippen MR) is 91.3 cm³/mol. The minimum atomic E-state index is -0.509. The van der Waals surface area contributed by atoms with Crippen molar-refractivity contribution in [3.8, 4) is 0 Å². The molecule has 0 unspecified atom stereocenters. The third kappa shape index (κ3) is 4.66. The first kappa shape index (κ1) is 17.1. The molecule has 0 saturated heterocycles. The van der Waals surface area contributed by atoms with E-state index in [1.807, 2.05) is 18.2 Å². The second-order valence-electron chi connectivity index (χ2n) is 6.18. The van der Waals surface area contributed by atoms with Crippen LogP contribution in [0.5, 0.6) is 0 Å². The van der Waals surface area contributed by atoms with E-state index in [2.05, 4.69) is 11.4 Å². The SMILES string of the molecule is O=C(COC(=O)Cc1ccc(F)cc1)N[C@H]1CCCc2ccccc21. The molecule has 2 aromatic carbocycles. The fraction of sp³-hybridized carbons (Fsp3) is 0.300. The van der Waals surface area contributed by atoms with Crippen LogP contribution in [-0.2, 0) is 27.2 Å². The molecule has 0 fully saturated rings. The molecule has 0 heterocycles. The van der Waals surface area contributed by atoms with Gasteiger partial charge in [0.25, 0.3) is 5.91 Å². The number of nitrogens with one attached hydrogen (secondary N) is 1. The second kappa shape index (κ2) is 7.92. The molecule has 0 aromatic heterocycles. The fourth-order valence-electron chi connectivity index (χ4n) is 3.11. The van der Waals surface area contributed by atoms with Crippen LogP contribution in [0.4, 0.5) is 4.39 Å². The Balaban J connectivity index is 1.48. The first-order valence-electron chi connectivity index (χ1n) is 8.39. The van der Waals surface area contributed by atoms with Crippen molar-refractivity contribution in [1.82, 2.24) is 5.32 Å². The molecule has 1 amide bonds. The summed E-state index contributed by atoms with van der Waals surface area (Å²) in [5.74, 6) is -1.18. The highest BCUT2D eigenvalue weighted by Gasteiger charge is 2.21. The Morgan fingerprint density at radius 2 is 1.88 bits per heavy atom. The largest absolute Gasteiger partial charge is 0.455 e. The van der Waals surface area contributed by atoms with Crippen LogP contribution >= 0.6 is 0 Å². The van der Waals surface area contributed by atoms with E-state index >= 15 is 0 Å². The van der Waals surface area contributed by atoms with Gasteiger partial charge in [0.1, 0.15) is 5.82 Å². The van der Waals surface area contributed by atoms with Gasteiger partial charge >= 0.3 is 5.97 Å².